The summed E-state index contributed by atoms with van der Waals surface area (Å²) in [7, 11) is 3.65. The molecule has 0 spiro atoms. The van der Waals surface area contributed by atoms with Crippen LogP contribution in [-0.2, 0) is 11.0 Å². The molecule has 2 aromatic carbocycles. The maximum atomic E-state index is 12.6. The van der Waals surface area contributed by atoms with Crippen LogP contribution in [0.2, 0.25) is 0 Å². The van der Waals surface area contributed by atoms with Crippen molar-refractivity contribution in [2.24, 2.45) is 0 Å². The number of ether oxygens (including phenoxy) is 1. The fraction of sp³-hybridized carbons (Fsp3) is 0.222. The van der Waals surface area contributed by atoms with Gasteiger partial charge in [-0.05, 0) is 36.4 Å². The van der Waals surface area contributed by atoms with E-state index in [1.54, 1.807) is 18.2 Å². The lowest BCUT2D eigenvalue weighted by Crippen LogP contribution is -2.43. The molecule has 0 unspecified atom stereocenters. The van der Waals surface area contributed by atoms with Gasteiger partial charge in [-0.25, -0.2) is 0 Å². The average Bonchev–Trinajstić information content (AvgIpc) is 2.64. The second-order valence-electron chi connectivity index (χ2n) is 5.76. The molecule has 0 saturated heterocycles. The number of hydrogen-bond acceptors (Lipinski definition) is 4. The van der Waals surface area contributed by atoms with E-state index >= 15 is 0 Å². The number of nitrogens with zero attached hydrogens (tertiary/aromatic N) is 1. The zero-order valence-corrected chi connectivity index (χ0v) is 14.6. The molecule has 0 aliphatic carbocycles. The number of hydrogen-bond donors (Lipinski definition) is 2. The Hall–Kier alpha value is -3.23. The second-order valence-corrected chi connectivity index (χ2v) is 5.76. The molecule has 0 saturated carbocycles. The molecule has 0 radical (unpaired) electrons. The lowest BCUT2D eigenvalue weighted by atomic mass is 10.2. The Morgan fingerprint density at radius 1 is 1.04 bits per heavy atom. The summed E-state index contributed by atoms with van der Waals surface area (Å²) in [6.07, 6.45) is -4.50. The molecule has 2 amide bonds. The SMILES string of the molecule is CN(C)c1cccc(C(=O)NNC(=O)COc2cccc(C(F)(F)F)c2)c1. The molecule has 0 bridgehead atoms. The molecule has 2 N–H and O–H groups in total. The molecule has 27 heavy (non-hydrogen) atoms. The van der Waals surface area contributed by atoms with Crippen LogP contribution in [-0.4, -0.2) is 32.5 Å². The summed E-state index contributed by atoms with van der Waals surface area (Å²) in [5, 5.41) is 0. The van der Waals surface area contributed by atoms with Crippen molar-refractivity contribution in [3.63, 3.8) is 0 Å². The number of amides is 2. The van der Waals surface area contributed by atoms with Gasteiger partial charge >= 0.3 is 6.18 Å². The third-order valence-corrected chi connectivity index (χ3v) is 3.47. The quantitative estimate of drug-likeness (QED) is 0.782. The number of nitrogens with one attached hydrogen (secondary N) is 2. The standard InChI is InChI=1S/C18H18F3N3O3/c1-24(2)14-7-3-5-12(9-14)17(26)23-22-16(25)11-27-15-8-4-6-13(10-15)18(19,20)21/h3-10H,11H2,1-2H3,(H,22,25)(H,23,26). The van der Waals surface area contributed by atoms with Crippen molar-refractivity contribution in [1.82, 2.24) is 10.9 Å². The molecule has 0 aromatic heterocycles. The summed E-state index contributed by atoms with van der Waals surface area (Å²) in [5.41, 5.74) is 4.63. The highest BCUT2D eigenvalue weighted by Gasteiger charge is 2.30. The summed E-state index contributed by atoms with van der Waals surface area (Å²) >= 11 is 0. The van der Waals surface area contributed by atoms with E-state index in [1.807, 2.05) is 25.1 Å². The van der Waals surface area contributed by atoms with Gasteiger partial charge in [-0.15, -0.1) is 0 Å². The van der Waals surface area contributed by atoms with Crippen molar-refractivity contribution >= 4 is 17.5 Å². The first-order valence-electron chi connectivity index (χ1n) is 7.83. The van der Waals surface area contributed by atoms with Crippen LogP contribution in [0.15, 0.2) is 48.5 Å². The van der Waals surface area contributed by atoms with Crippen LogP contribution in [0.25, 0.3) is 0 Å². The summed E-state index contributed by atoms with van der Waals surface area (Å²) < 4.78 is 42.9. The van der Waals surface area contributed by atoms with Gasteiger partial charge in [0.2, 0.25) is 0 Å². The Labute approximate surface area is 153 Å². The third-order valence-electron chi connectivity index (χ3n) is 3.47. The van der Waals surface area contributed by atoms with E-state index in [9.17, 15) is 22.8 Å². The smallest absolute Gasteiger partial charge is 0.416 e. The topological polar surface area (TPSA) is 70.7 Å². The predicted molar refractivity (Wildman–Crippen MR) is 93.3 cm³/mol. The fourth-order valence-corrected chi connectivity index (χ4v) is 2.07. The van der Waals surface area contributed by atoms with Gasteiger partial charge in [0.15, 0.2) is 6.61 Å². The molecule has 0 aliphatic heterocycles. The van der Waals surface area contributed by atoms with Gasteiger partial charge in [0.1, 0.15) is 5.75 Å². The van der Waals surface area contributed by atoms with Gasteiger partial charge in [0, 0.05) is 25.3 Å². The first kappa shape index (κ1) is 20.1. The minimum Gasteiger partial charge on any atom is -0.484 e. The Kier molecular flexibility index (Phi) is 6.27. The number of halogens is 3. The molecule has 0 atom stereocenters. The minimum absolute atomic E-state index is 0.106. The van der Waals surface area contributed by atoms with Crippen molar-refractivity contribution in [2.45, 2.75) is 6.18 Å². The molecule has 2 rings (SSSR count). The fourth-order valence-electron chi connectivity index (χ4n) is 2.07. The molecular formula is C18H18F3N3O3. The van der Waals surface area contributed by atoms with Crippen molar-refractivity contribution in [3.8, 4) is 5.75 Å². The number of alkyl halides is 3. The lowest BCUT2D eigenvalue weighted by Gasteiger charge is -2.14. The van der Waals surface area contributed by atoms with E-state index in [0.29, 0.717) is 5.56 Å². The molecule has 144 valence electrons. The van der Waals surface area contributed by atoms with Crippen molar-refractivity contribution in [1.29, 1.82) is 0 Å². The first-order chi connectivity index (χ1) is 12.7. The minimum atomic E-state index is -4.50. The lowest BCUT2D eigenvalue weighted by molar-refractivity contribution is -0.137. The normalized spacial score (nSPS) is 10.9. The highest BCUT2D eigenvalue weighted by molar-refractivity contribution is 5.96. The van der Waals surface area contributed by atoms with E-state index in [2.05, 4.69) is 10.9 Å². The summed E-state index contributed by atoms with van der Waals surface area (Å²) in [6, 6.07) is 10.9. The van der Waals surface area contributed by atoms with Crippen LogP contribution in [0.4, 0.5) is 18.9 Å². The summed E-state index contributed by atoms with van der Waals surface area (Å²) in [6.45, 7) is -0.556. The zero-order valence-electron chi connectivity index (χ0n) is 14.6. The highest BCUT2D eigenvalue weighted by atomic mass is 19.4. The molecule has 2 aromatic rings. The number of hydrazine groups is 1. The molecule has 0 aliphatic rings. The van der Waals surface area contributed by atoms with E-state index in [-0.39, 0.29) is 5.75 Å². The molecule has 6 nitrogen and oxygen atoms in total. The van der Waals surface area contributed by atoms with Crippen LogP contribution in [0.1, 0.15) is 15.9 Å². The third kappa shape index (κ3) is 5.91. The van der Waals surface area contributed by atoms with Crippen molar-refractivity contribution < 1.29 is 27.5 Å². The number of rotatable bonds is 5. The van der Waals surface area contributed by atoms with Crippen LogP contribution >= 0.6 is 0 Å². The monoisotopic (exact) mass is 381 g/mol. The van der Waals surface area contributed by atoms with Crippen LogP contribution < -0.4 is 20.5 Å². The van der Waals surface area contributed by atoms with E-state index < -0.39 is 30.2 Å². The average molecular weight is 381 g/mol. The highest BCUT2D eigenvalue weighted by Crippen LogP contribution is 2.31. The predicted octanol–water partition coefficient (Wildman–Crippen LogP) is 2.61. The number of anilines is 1. The van der Waals surface area contributed by atoms with Crippen LogP contribution in [0.3, 0.4) is 0 Å². The molecule has 0 heterocycles. The number of carbonyl (C=O) groups excluding carboxylic acids is 2. The van der Waals surface area contributed by atoms with Gasteiger partial charge in [-0.3, -0.25) is 20.4 Å². The van der Waals surface area contributed by atoms with Gasteiger partial charge < -0.3 is 9.64 Å². The van der Waals surface area contributed by atoms with Gasteiger partial charge in [-0.1, -0.05) is 12.1 Å². The number of benzene rings is 2. The van der Waals surface area contributed by atoms with E-state index in [1.165, 1.54) is 12.1 Å². The Morgan fingerprint density at radius 2 is 1.74 bits per heavy atom. The van der Waals surface area contributed by atoms with Gasteiger partial charge in [0.05, 0.1) is 5.56 Å². The van der Waals surface area contributed by atoms with Crippen molar-refractivity contribution in [2.75, 3.05) is 25.6 Å². The first-order valence-corrected chi connectivity index (χ1v) is 7.83. The van der Waals surface area contributed by atoms with Gasteiger partial charge in [-0.2, -0.15) is 13.2 Å². The van der Waals surface area contributed by atoms with Crippen LogP contribution in [0, 0.1) is 0 Å². The largest absolute Gasteiger partial charge is 0.484 e. The summed E-state index contributed by atoms with van der Waals surface area (Å²) in [5.74, 6) is -1.36. The molecule has 0 fully saturated rings. The van der Waals surface area contributed by atoms with E-state index in [0.717, 1.165) is 17.8 Å². The Morgan fingerprint density at radius 3 is 2.41 bits per heavy atom. The second kappa shape index (κ2) is 8.43. The van der Waals surface area contributed by atoms with E-state index in [4.69, 9.17) is 4.74 Å². The maximum Gasteiger partial charge on any atom is 0.416 e. The zero-order chi connectivity index (χ0) is 20.0. The van der Waals surface area contributed by atoms with Crippen LogP contribution in [0.5, 0.6) is 5.75 Å². The maximum absolute atomic E-state index is 12.6. The molecule has 9 heteroatoms. The Bertz CT molecular complexity index is 823. The summed E-state index contributed by atoms with van der Waals surface area (Å²) in [4.78, 5) is 25.6. The Balaban J connectivity index is 1.86. The van der Waals surface area contributed by atoms with Crippen molar-refractivity contribution in [3.05, 3.63) is 59.7 Å². The van der Waals surface area contributed by atoms with Gasteiger partial charge in [0.25, 0.3) is 11.8 Å². The number of carbonyl (C=O) groups is 2. The molecular weight excluding hydrogens is 363 g/mol.